The number of benzene rings is 1. The van der Waals surface area contributed by atoms with Gasteiger partial charge < -0.3 is 10.6 Å². The number of nitrogens with zero attached hydrogens (tertiary/aromatic N) is 4. The van der Waals surface area contributed by atoms with Crippen molar-refractivity contribution in [1.82, 2.24) is 19.5 Å². The van der Waals surface area contributed by atoms with E-state index >= 15 is 0 Å². The van der Waals surface area contributed by atoms with Crippen molar-refractivity contribution < 1.29 is 9.59 Å². The van der Waals surface area contributed by atoms with Crippen LogP contribution in [0.5, 0.6) is 0 Å². The average Bonchev–Trinajstić information content (AvgIpc) is 3.23. The SMILES string of the molecule is CC(=O)Nc1ccc(NC(=O)CSc2nnc(C)n2-n2cccc2)cc1. The van der Waals surface area contributed by atoms with E-state index < -0.39 is 0 Å². The van der Waals surface area contributed by atoms with Gasteiger partial charge in [-0.15, -0.1) is 10.2 Å². The molecule has 2 heterocycles. The Morgan fingerprint density at radius 3 is 2.27 bits per heavy atom. The van der Waals surface area contributed by atoms with Gasteiger partial charge in [0.15, 0.2) is 5.82 Å². The van der Waals surface area contributed by atoms with Crippen LogP contribution in [0.4, 0.5) is 11.4 Å². The molecule has 0 aliphatic heterocycles. The first-order chi connectivity index (χ1) is 12.5. The fourth-order valence-electron chi connectivity index (χ4n) is 2.32. The molecule has 0 saturated heterocycles. The lowest BCUT2D eigenvalue weighted by molar-refractivity contribution is -0.114. The van der Waals surface area contributed by atoms with Crippen LogP contribution in [0.1, 0.15) is 12.7 Å². The van der Waals surface area contributed by atoms with Crippen LogP contribution in [0.2, 0.25) is 0 Å². The van der Waals surface area contributed by atoms with Crippen molar-refractivity contribution >= 4 is 35.0 Å². The number of carbonyl (C=O) groups excluding carboxylic acids is 2. The molecule has 0 fully saturated rings. The lowest BCUT2D eigenvalue weighted by Crippen LogP contribution is -2.16. The fourth-order valence-corrected chi connectivity index (χ4v) is 3.10. The van der Waals surface area contributed by atoms with Crippen LogP contribution < -0.4 is 10.6 Å². The minimum atomic E-state index is -0.151. The Balaban J connectivity index is 1.59. The first-order valence-electron chi connectivity index (χ1n) is 7.89. The molecular formula is C17H18N6O2S. The molecule has 134 valence electrons. The molecule has 8 nitrogen and oxygen atoms in total. The number of thioether (sulfide) groups is 1. The Labute approximate surface area is 154 Å². The number of hydrogen-bond acceptors (Lipinski definition) is 5. The quantitative estimate of drug-likeness (QED) is 0.650. The van der Waals surface area contributed by atoms with E-state index in [4.69, 9.17) is 0 Å². The second kappa shape index (κ2) is 7.87. The maximum atomic E-state index is 12.2. The van der Waals surface area contributed by atoms with Crippen molar-refractivity contribution in [3.63, 3.8) is 0 Å². The van der Waals surface area contributed by atoms with Crippen LogP contribution in [-0.2, 0) is 9.59 Å². The highest BCUT2D eigenvalue weighted by atomic mass is 32.2. The van der Waals surface area contributed by atoms with Crippen LogP contribution in [0, 0.1) is 6.92 Å². The largest absolute Gasteiger partial charge is 0.326 e. The van der Waals surface area contributed by atoms with Gasteiger partial charge in [0.1, 0.15) is 0 Å². The summed E-state index contributed by atoms with van der Waals surface area (Å²) >= 11 is 1.30. The summed E-state index contributed by atoms with van der Waals surface area (Å²) in [5.74, 6) is 0.646. The minimum absolute atomic E-state index is 0.139. The number of amides is 2. The van der Waals surface area contributed by atoms with Crippen molar-refractivity contribution in [2.45, 2.75) is 19.0 Å². The number of rotatable bonds is 6. The Kier molecular flexibility index (Phi) is 5.37. The van der Waals surface area contributed by atoms with Gasteiger partial charge in [0.2, 0.25) is 17.0 Å². The van der Waals surface area contributed by atoms with E-state index in [0.717, 1.165) is 5.82 Å². The van der Waals surface area contributed by atoms with Crippen molar-refractivity contribution in [2.24, 2.45) is 0 Å². The van der Waals surface area contributed by atoms with E-state index in [1.54, 1.807) is 24.3 Å². The van der Waals surface area contributed by atoms with Crippen LogP contribution in [-0.4, -0.2) is 37.1 Å². The lowest BCUT2D eigenvalue weighted by Gasteiger charge is -2.09. The van der Waals surface area contributed by atoms with Gasteiger partial charge in [-0.3, -0.25) is 14.3 Å². The number of nitrogens with one attached hydrogen (secondary N) is 2. The summed E-state index contributed by atoms with van der Waals surface area (Å²) in [4.78, 5) is 23.2. The predicted molar refractivity (Wildman–Crippen MR) is 100 cm³/mol. The molecule has 0 radical (unpaired) electrons. The van der Waals surface area contributed by atoms with Crippen molar-refractivity contribution in [3.05, 3.63) is 54.6 Å². The second-order valence-corrected chi connectivity index (χ2v) is 6.44. The zero-order valence-electron chi connectivity index (χ0n) is 14.3. The summed E-state index contributed by atoms with van der Waals surface area (Å²) < 4.78 is 3.69. The van der Waals surface area contributed by atoms with E-state index in [2.05, 4.69) is 20.8 Å². The normalized spacial score (nSPS) is 10.5. The molecule has 9 heteroatoms. The fraction of sp³-hybridized carbons (Fsp3) is 0.176. The lowest BCUT2D eigenvalue weighted by atomic mass is 10.3. The number of carbonyl (C=O) groups is 2. The van der Waals surface area contributed by atoms with E-state index in [-0.39, 0.29) is 17.6 Å². The van der Waals surface area contributed by atoms with Crippen LogP contribution >= 0.6 is 11.8 Å². The van der Waals surface area contributed by atoms with Crippen LogP contribution in [0.15, 0.2) is 53.9 Å². The number of anilines is 2. The molecule has 3 aromatic rings. The topological polar surface area (TPSA) is 93.8 Å². The Hall–Kier alpha value is -3.07. The summed E-state index contributed by atoms with van der Waals surface area (Å²) in [5.41, 5.74) is 1.34. The van der Waals surface area contributed by atoms with E-state index in [1.165, 1.54) is 18.7 Å². The standard InChI is InChI=1S/C17H18N6O2S/c1-12-20-21-17(23(12)22-9-3-4-10-22)26-11-16(25)19-15-7-5-14(6-8-15)18-13(2)24/h3-10H,11H2,1-2H3,(H,18,24)(H,19,25). The molecular weight excluding hydrogens is 352 g/mol. The molecule has 2 amide bonds. The molecule has 2 aromatic heterocycles. The van der Waals surface area contributed by atoms with Crippen molar-refractivity contribution in [2.75, 3.05) is 16.4 Å². The first kappa shape index (κ1) is 17.7. The molecule has 3 rings (SSSR count). The smallest absolute Gasteiger partial charge is 0.234 e. The Morgan fingerprint density at radius 2 is 1.65 bits per heavy atom. The van der Waals surface area contributed by atoms with Gasteiger partial charge in [-0.2, -0.15) is 0 Å². The summed E-state index contributed by atoms with van der Waals surface area (Å²) in [7, 11) is 0. The minimum Gasteiger partial charge on any atom is -0.326 e. The van der Waals surface area contributed by atoms with Gasteiger partial charge in [-0.25, -0.2) is 4.68 Å². The van der Waals surface area contributed by atoms with E-state index in [1.807, 2.05) is 40.8 Å². The molecule has 1 aromatic carbocycles. The molecule has 0 unspecified atom stereocenters. The van der Waals surface area contributed by atoms with E-state index in [0.29, 0.717) is 16.5 Å². The maximum Gasteiger partial charge on any atom is 0.234 e. The molecule has 0 atom stereocenters. The predicted octanol–water partition coefficient (Wildman–Crippen LogP) is 2.39. The van der Waals surface area contributed by atoms with Gasteiger partial charge in [0, 0.05) is 30.7 Å². The number of hydrogen-bond donors (Lipinski definition) is 2. The van der Waals surface area contributed by atoms with E-state index in [9.17, 15) is 9.59 Å². The third-order valence-electron chi connectivity index (χ3n) is 3.41. The molecule has 0 spiro atoms. The number of aryl methyl sites for hydroxylation is 1. The third kappa shape index (κ3) is 4.31. The Bertz CT molecular complexity index is 902. The zero-order valence-corrected chi connectivity index (χ0v) is 15.2. The van der Waals surface area contributed by atoms with Gasteiger partial charge >= 0.3 is 0 Å². The van der Waals surface area contributed by atoms with Crippen molar-refractivity contribution in [1.29, 1.82) is 0 Å². The number of aromatic nitrogens is 4. The van der Waals surface area contributed by atoms with Gasteiger partial charge in [0.05, 0.1) is 5.75 Å². The molecule has 2 N–H and O–H groups in total. The molecule has 0 aliphatic carbocycles. The summed E-state index contributed by atoms with van der Waals surface area (Å²) in [6.45, 7) is 3.30. The highest BCUT2D eigenvalue weighted by Gasteiger charge is 2.13. The van der Waals surface area contributed by atoms with Crippen molar-refractivity contribution in [3.8, 4) is 0 Å². The maximum absolute atomic E-state index is 12.2. The summed E-state index contributed by atoms with van der Waals surface area (Å²) in [5, 5.41) is 14.3. The molecule has 0 saturated carbocycles. The van der Waals surface area contributed by atoms with Gasteiger partial charge in [-0.05, 0) is 43.3 Å². The third-order valence-corrected chi connectivity index (χ3v) is 4.33. The zero-order chi connectivity index (χ0) is 18.5. The molecule has 0 aliphatic rings. The first-order valence-corrected chi connectivity index (χ1v) is 8.87. The van der Waals surface area contributed by atoms with Crippen LogP contribution in [0.3, 0.4) is 0 Å². The van der Waals surface area contributed by atoms with Gasteiger partial charge in [0.25, 0.3) is 0 Å². The highest BCUT2D eigenvalue weighted by Crippen LogP contribution is 2.18. The van der Waals surface area contributed by atoms with Gasteiger partial charge in [-0.1, -0.05) is 11.8 Å². The second-order valence-electron chi connectivity index (χ2n) is 5.50. The highest BCUT2D eigenvalue weighted by molar-refractivity contribution is 7.99. The average molecular weight is 370 g/mol. The molecule has 0 bridgehead atoms. The van der Waals surface area contributed by atoms with Crippen LogP contribution in [0.25, 0.3) is 0 Å². The monoisotopic (exact) mass is 370 g/mol. The summed E-state index contributed by atoms with van der Waals surface area (Å²) in [6.07, 6.45) is 3.77. The Morgan fingerprint density at radius 1 is 1.04 bits per heavy atom. The summed E-state index contributed by atoms with van der Waals surface area (Å²) in [6, 6.07) is 10.8. The molecule has 26 heavy (non-hydrogen) atoms.